The molecule has 15 heavy (non-hydrogen) atoms. The molecule has 5 heteroatoms. The summed E-state index contributed by atoms with van der Waals surface area (Å²) in [6.07, 6.45) is -0.271. The highest BCUT2D eigenvalue weighted by Crippen LogP contribution is 1.99. The van der Waals surface area contributed by atoms with Crippen molar-refractivity contribution in [2.45, 2.75) is 38.9 Å². The fourth-order valence-corrected chi connectivity index (χ4v) is 1.46. The maximum absolute atomic E-state index is 10.3. The molecule has 0 aliphatic rings. The van der Waals surface area contributed by atoms with Gasteiger partial charge >= 0.3 is 5.97 Å². The Morgan fingerprint density at radius 1 is 1.20 bits per heavy atom. The molecule has 3 N–H and O–H groups in total. The molecule has 0 rings (SSSR count). The lowest BCUT2D eigenvalue weighted by Crippen LogP contribution is -2.37. The molecule has 0 heterocycles. The van der Waals surface area contributed by atoms with E-state index in [1.807, 2.05) is 4.90 Å². The first kappa shape index (κ1) is 14.3. The SMILES string of the molecule is C[C@@H](O)CN(CCCC(=O)O)C[C@@H](C)O. The van der Waals surface area contributed by atoms with Crippen LogP contribution in [0.15, 0.2) is 0 Å². The quantitative estimate of drug-likeness (QED) is 0.532. The van der Waals surface area contributed by atoms with Crippen LogP contribution >= 0.6 is 0 Å². The fraction of sp³-hybridized carbons (Fsp3) is 0.900. The Balaban J connectivity index is 3.84. The van der Waals surface area contributed by atoms with Gasteiger partial charge in [0.15, 0.2) is 0 Å². The Hall–Kier alpha value is -0.650. The Kier molecular flexibility index (Phi) is 7.29. The van der Waals surface area contributed by atoms with E-state index < -0.39 is 18.2 Å². The van der Waals surface area contributed by atoms with E-state index in [9.17, 15) is 15.0 Å². The minimum Gasteiger partial charge on any atom is -0.481 e. The lowest BCUT2D eigenvalue weighted by atomic mass is 10.2. The van der Waals surface area contributed by atoms with Crippen molar-refractivity contribution in [1.82, 2.24) is 4.90 Å². The minimum atomic E-state index is -0.816. The summed E-state index contributed by atoms with van der Waals surface area (Å²) in [5.41, 5.74) is 0. The van der Waals surface area contributed by atoms with E-state index in [0.717, 1.165) is 0 Å². The number of hydrogen-bond acceptors (Lipinski definition) is 4. The van der Waals surface area contributed by atoms with Crippen molar-refractivity contribution in [2.24, 2.45) is 0 Å². The van der Waals surface area contributed by atoms with Crippen molar-refractivity contribution in [3.8, 4) is 0 Å². The van der Waals surface area contributed by atoms with Gasteiger partial charge in [0, 0.05) is 19.5 Å². The number of hydrogen-bond donors (Lipinski definition) is 3. The second-order valence-corrected chi connectivity index (χ2v) is 3.95. The van der Waals surface area contributed by atoms with E-state index in [1.54, 1.807) is 13.8 Å². The molecule has 0 saturated carbocycles. The molecule has 0 aromatic rings. The summed E-state index contributed by atoms with van der Waals surface area (Å²) in [7, 11) is 0. The first-order valence-electron chi connectivity index (χ1n) is 5.22. The maximum atomic E-state index is 10.3. The predicted octanol–water partition coefficient (Wildman–Crippen LogP) is -0.0852. The fourth-order valence-electron chi connectivity index (χ4n) is 1.46. The number of carboxylic acids is 1. The van der Waals surface area contributed by atoms with Gasteiger partial charge in [-0.1, -0.05) is 0 Å². The molecule has 0 saturated heterocycles. The van der Waals surface area contributed by atoms with Gasteiger partial charge in [-0.05, 0) is 26.8 Å². The molecule has 0 amide bonds. The van der Waals surface area contributed by atoms with Gasteiger partial charge in [0.2, 0.25) is 0 Å². The first-order valence-corrected chi connectivity index (χ1v) is 5.22. The summed E-state index contributed by atoms with van der Waals surface area (Å²) in [5.74, 6) is -0.816. The Bertz CT molecular complexity index is 172. The number of carbonyl (C=O) groups is 1. The van der Waals surface area contributed by atoms with Gasteiger partial charge < -0.3 is 15.3 Å². The summed E-state index contributed by atoms with van der Waals surface area (Å²) in [4.78, 5) is 12.2. The number of aliphatic hydroxyl groups excluding tert-OH is 2. The van der Waals surface area contributed by atoms with Crippen LogP contribution in [-0.2, 0) is 4.79 Å². The molecule has 2 atom stereocenters. The summed E-state index contributed by atoms with van der Waals surface area (Å²) in [6, 6.07) is 0. The zero-order valence-electron chi connectivity index (χ0n) is 9.39. The lowest BCUT2D eigenvalue weighted by molar-refractivity contribution is -0.137. The standard InChI is InChI=1S/C10H21NO4/c1-8(12)6-11(7-9(2)13)5-3-4-10(14)15/h8-9,12-13H,3-7H2,1-2H3,(H,14,15)/t8-,9-/m1/s1. The van der Waals surface area contributed by atoms with E-state index >= 15 is 0 Å². The third-order valence-corrected chi connectivity index (χ3v) is 1.91. The second kappa shape index (κ2) is 7.62. The van der Waals surface area contributed by atoms with Gasteiger partial charge in [-0.25, -0.2) is 0 Å². The highest BCUT2D eigenvalue weighted by atomic mass is 16.4. The van der Waals surface area contributed by atoms with Crippen LogP contribution in [0.4, 0.5) is 0 Å². The zero-order chi connectivity index (χ0) is 11.8. The molecule has 0 radical (unpaired) electrons. The van der Waals surface area contributed by atoms with Crippen molar-refractivity contribution in [1.29, 1.82) is 0 Å². The van der Waals surface area contributed by atoms with Crippen LogP contribution in [0, 0.1) is 0 Å². The molecule has 0 bridgehead atoms. The molecular formula is C10H21NO4. The summed E-state index contributed by atoms with van der Waals surface area (Å²) in [6.45, 7) is 4.86. The van der Waals surface area contributed by atoms with E-state index in [0.29, 0.717) is 26.1 Å². The number of aliphatic carboxylic acids is 1. The number of nitrogens with zero attached hydrogens (tertiary/aromatic N) is 1. The van der Waals surface area contributed by atoms with Crippen molar-refractivity contribution >= 4 is 5.97 Å². The van der Waals surface area contributed by atoms with Crippen molar-refractivity contribution in [3.63, 3.8) is 0 Å². The maximum Gasteiger partial charge on any atom is 0.303 e. The van der Waals surface area contributed by atoms with Crippen molar-refractivity contribution in [3.05, 3.63) is 0 Å². The van der Waals surface area contributed by atoms with Crippen LogP contribution in [0.2, 0.25) is 0 Å². The van der Waals surface area contributed by atoms with E-state index in [2.05, 4.69) is 0 Å². The minimum absolute atomic E-state index is 0.121. The molecule has 0 unspecified atom stereocenters. The van der Waals surface area contributed by atoms with Crippen LogP contribution in [0.3, 0.4) is 0 Å². The van der Waals surface area contributed by atoms with Gasteiger partial charge in [0.25, 0.3) is 0 Å². The third-order valence-electron chi connectivity index (χ3n) is 1.91. The predicted molar refractivity (Wildman–Crippen MR) is 56.7 cm³/mol. The summed E-state index contributed by atoms with van der Waals surface area (Å²) >= 11 is 0. The average molecular weight is 219 g/mol. The van der Waals surface area contributed by atoms with Crippen LogP contribution in [0.25, 0.3) is 0 Å². The topological polar surface area (TPSA) is 81.0 Å². The molecule has 0 aliphatic heterocycles. The smallest absolute Gasteiger partial charge is 0.303 e. The monoisotopic (exact) mass is 219 g/mol. The van der Waals surface area contributed by atoms with E-state index in [1.165, 1.54) is 0 Å². The first-order chi connectivity index (χ1) is 6.91. The van der Waals surface area contributed by atoms with Gasteiger partial charge in [-0.3, -0.25) is 9.69 Å². The van der Waals surface area contributed by atoms with Gasteiger partial charge in [-0.15, -0.1) is 0 Å². The number of aliphatic hydroxyl groups is 2. The molecule has 5 nitrogen and oxygen atoms in total. The van der Waals surface area contributed by atoms with Crippen LogP contribution in [0.1, 0.15) is 26.7 Å². The number of carboxylic acid groups (broad SMARTS) is 1. The normalized spacial score (nSPS) is 15.3. The summed E-state index contributed by atoms with van der Waals surface area (Å²) < 4.78 is 0. The summed E-state index contributed by atoms with van der Waals surface area (Å²) in [5, 5.41) is 26.9. The Morgan fingerprint density at radius 2 is 1.67 bits per heavy atom. The molecular weight excluding hydrogens is 198 g/mol. The highest BCUT2D eigenvalue weighted by Gasteiger charge is 2.11. The van der Waals surface area contributed by atoms with Gasteiger partial charge in [0.05, 0.1) is 12.2 Å². The number of rotatable bonds is 8. The van der Waals surface area contributed by atoms with Crippen molar-refractivity contribution < 1.29 is 20.1 Å². The van der Waals surface area contributed by atoms with Crippen molar-refractivity contribution in [2.75, 3.05) is 19.6 Å². The second-order valence-electron chi connectivity index (χ2n) is 3.95. The lowest BCUT2D eigenvalue weighted by Gasteiger charge is -2.24. The third kappa shape index (κ3) is 9.65. The Labute approximate surface area is 90.3 Å². The van der Waals surface area contributed by atoms with Gasteiger partial charge in [-0.2, -0.15) is 0 Å². The molecule has 0 spiro atoms. The molecule has 0 aromatic carbocycles. The molecule has 0 aliphatic carbocycles. The average Bonchev–Trinajstić information content (AvgIpc) is 2.00. The van der Waals surface area contributed by atoms with Crippen LogP contribution in [-0.4, -0.2) is 58.0 Å². The molecule has 0 aromatic heterocycles. The van der Waals surface area contributed by atoms with E-state index in [-0.39, 0.29) is 6.42 Å². The largest absolute Gasteiger partial charge is 0.481 e. The zero-order valence-corrected chi connectivity index (χ0v) is 9.39. The molecule has 90 valence electrons. The Morgan fingerprint density at radius 3 is 2.00 bits per heavy atom. The van der Waals surface area contributed by atoms with Crippen LogP contribution < -0.4 is 0 Å². The van der Waals surface area contributed by atoms with Gasteiger partial charge in [0.1, 0.15) is 0 Å². The van der Waals surface area contributed by atoms with Crippen LogP contribution in [0.5, 0.6) is 0 Å². The van der Waals surface area contributed by atoms with E-state index in [4.69, 9.17) is 5.11 Å². The molecule has 0 fully saturated rings. The highest BCUT2D eigenvalue weighted by molar-refractivity contribution is 5.66.